The van der Waals surface area contributed by atoms with Crippen molar-refractivity contribution in [3.05, 3.63) is 0 Å². The van der Waals surface area contributed by atoms with Crippen molar-refractivity contribution in [3.8, 4) is 0 Å². The normalized spacial score (nSPS) is 49.0. The van der Waals surface area contributed by atoms with Gasteiger partial charge in [-0.25, -0.2) is 0 Å². The Morgan fingerprint density at radius 1 is 1.05 bits per heavy atom. The molecule has 0 radical (unpaired) electrons. The molecule has 2 saturated carbocycles. The molecule has 2 N–H and O–H groups in total. The lowest BCUT2D eigenvalue weighted by Gasteiger charge is -2.48. The Balaban J connectivity index is 1.61. The van der Waals surface area contributed by atoms with Gasteiger partial charge in [0.05, 0.1) is 24.0 Å². The molecule has 2 aliphatic carbocycles. The number of rotatable bonds is 1. The number of hydrogen-bond acceptors (Lipinski definition) is 4. The van der Waals surface area contributed by atoms with Gasteiger partial charge in [0.1, 0.15) is 0 Å². The zero-order valence-corrected chi connectivity index (χ0v) is 11.0. The van der Waals surface area contributed by atoms with Crippen LogP contribution in [-0.2, 0) is 14.3 Å². The van der Waals surface area contributed by atoms with E-state index in [4.69, 9.17) is 10.5 Å². The molecule has 6 atom stereocenters. The first-order chi connectivity index (χ1) is 9.20. The van der Waals surface area contributed by atoms with E-state index >= 15 is 0 Å². The summed E-state index contributed by atoms with van der Waals surface area (Å²) in [5.74, 6) is 0.226. The molecule has 4 rings (SSSR count). The second-order valence-electron chi connectivity index (χ2n) is 6.40. The number of carbonyl (C=O) groups is 2. The first-order valence-corrected chi connectivity index (χ1v) is 7.44. The molecular formula is C14H20N2O3. The minimum atomic E-state index is -0.196. The van der Waals surface area contributed by atoms with Crippen molar-refractivity contribution in [1.82, 2.24) is 4.90 Å². The fourth-order valence-electron chi connectivity index (χ4n) is 4.52. The molecule has 19 heavy (non-hydrogen) atoms. The standard InChI is InChI=1S/C14H20N2O3/c15-10-9-5-6-19-12(9)11(10)16-13(17)7-3-1-2-4-8(7)14(16)18/h7-12H,1-6,15H2. The zero-order chi connectivity index (χ0) is 13.1. The number of amides is 2. The Kier molecular flexibility index (Phi) is 2.51. The second-order valence-corrected chi connectivity index (χ2v) is 6.40. The highest BCUT2D eigenvalue weighted by molar-refractivity contribution is 6.05. The summed E-state index contributed by atoms with van der Waals surface area (Å²) in [5, 5.41) is 0. The minimum absolute atomic E-state index is 0.00283. The number of imide groups is 1. The number of ether oxygens (including phenoxy) is 1. The summed E-state index contributed by atoms with van der Waals surface area (Å²) < 4.78 is 5.67. The first-order valence-electron chi connectivity index (χ1n) is 7.44. The molecule has 5 nitrogen and oxygen atoms in total. The maximum absolute atomic E-state index is 12.5. The third-order valence-electron chi connectivity index (χ3n) is 5.58. The summed E-state index contributed by atoms with van der Waals surface area (Å²) in [6.07, 6.45) is 4.82. The summed E-state index contributed by atoms with van der Waals surface area (Å²) in [5.41, 5.74) is 6.18. The van der Waals surface area contributed by atoms with Crippen molar-refractivity contribution in [1.29, 1.82) is 0 Å². The third-order valence-corrected chi connectivity index (χ3v) is 5.58. The van der Waals surface area contributed by atoms with Crippen LogP contribution in [-0.4, -0.2) is 41.5 Å². The average Bonchev–Trinajstić information content (AvgIpc) is 2.96. The van der Waals surface area contributed by atoms with E-state index < -0.39 is 0 Å². The van der Waals surface area contributed by atoms with Crippen LogP contribution < -0.4 is 5.73 Å². The largest absolute Gasteiger partial charge is 0.376 e. The molecule has 4 aliphatic rings. The van der Waals surface area contributed by atoms with E-state index in [1.807, 2.05) is 0 Å². The molecule has 104 valence electrons. The molecule has 0 aromatic rings. The van der Waals surface area contributed by atoms with E-state index in [1.165, 1.54) is 4.90 Å². The molecular weight excluding hydrogens is 244 g/mol. The molecule has 0 spiro atoms. The first kappa shape index (κ1) is 11.9. The predicted molar refractivity (Wildman–Crippen MR) is 66.9 cm³/mol. The van der Waals surface area contributed by atoms with Crippen LogP contribution >= 0.6 is 0 Å². The lowest BCUT2D eigenvalue weighted by Crippen LogP contribution is -2.70. The fraction of sp³-hybridized carbons (Fsp3) is 0.857. The van der Waals surface area contributed by atoms with Gasteiger partial charge in [-0.1, -0.05) is 12.8 Å². The van der Waals surface area contributed by atoms with Crippen LogP contribution in [0.3, 0.4) is 0 Å². The summed E-state index contributed by atoms with van der Waals surface area (Å²) in [4.78, 5) is 26.5. The van der Waals surface area contributed by atoms with Crippen molar-refractivity contribution in [2.24, 2.45) is 23.5 Å². The molecule has 0 bridgehead atoms. The highest BCUT2D eigenvalue weighted by atomic mass is 16.5. The van der Waals surface area contributed by atoms with Crippen molar-refractivity contribution in [2.45, 2.75) is 50.3 Å². The summed E-state index contributed by atoms with van der Waals surface area (Å²) in [6.45, 7) is 0.711. The van der Waals surface area contributed by atoms with Gasteiger partial charge >= 0.3 is 0 Å². The maximum Gasteiger partial charge on any atom is 0.233 e. The Bertz CT molecular complexity index is 414. The van der Waals surface area contributed by atoms with Crippen LogP contribution in [0.15, 0.2) is 0 Å². The van der Waals surface area contributed by atoms with Crippen LogP contribution in [0, 0.1) is 17.8 Å². The summed E-state index contributed by atoms with van der Waals surface area (Å²) in [6, 6.07) is -0.279. The molecule has 2 saturated heterocycles. The monoisotopic (exact) mass is 264 g/mol. The van der Waals surface area contributed by atoms with Crippen LogP contribution in [0.1, 0.15) is 32.1 Å². The average molecular weight is 264 g/mol. The van der Waals surface area contributed by atoms with E-state index in [0.29, 0.717) is 12.5 Å². The fourth-order valence-corrected chi connectivity index (χ4v) is 4.52. The molecule has 2 aliphatic heterocycles. The minimum Gasteiger partial charge on any atom is -0.376 e. The molecule has 0 aromatic carbocycles. The highest BCUT2D eigenvalue weighted by Crippen LogP contribution is 2.46. The Hall–Kier alpha value is -0.940. The van der Waals surface area contributed by atoms with Gasteiger partial charge in [0.2, 0.25) is 11.8 Å². The maximum atomic E-state index is 12.5. The van der Waals surface area contributed by atoms with Crippen LogP contribution in [0.5, 0.6) is 0 Å². The lowest BCUT2D eigenvalue weighted by molar-refractivity contribution is -0.154. The quantitative estimate of drug-likeness (QED) is 0.690. The van der Waals surface area contributed by atoms with Gasteiger partial charge in [-0.15, -0.1) is 0 Å². The Morgan fingerprint density at radius 2 is 1.68 bits per heavy atom. The highest BCUT2D eigenvalue weighted by Gasteiger charge is 2.61. The number of likely N-dealkylation sites (tertiary alicyclic amines) is 1. The van der Waals surface area contributed by atoms with Crippen molar-refractivity contribution in [2.75, 3.05) is 6.61 Å². The van der Waals surface area contributed by atoms with Crippen molar-refractivity contribution >= 4 is 11.8 Å². The predicted octanol–water partition coefficient (Wildman–Crippen LogP) is 0.276. The van der Waals surface area contributed by atoms with Gasteiger partial charge in [-0.05, 0) is 19.3 Å². The summed E-state index contributed by atoms with van der Waals surface area (Å²) in [7, 11) is 0. The number of carbonyl (C=O) groups excluding carboxylic acids is 2. The van der Waals surface area contributed by atoms with E-state index in [-0.39, 0.29) is 41.8 Å². The van der Waals surface area contributed by atoms with Gasteiger partial charge in [-0.3, -0.25) is 14.5 Å². The van der Waals surface area contributed by atoms with E-state index in [2.05, 4.69) is 0 Å². The molecule has 4 fully saturated rings. The Morgan fingerprint density at radius 3 is 2.32 bits per heavy atom. The second kappa shape index (κ2) is 4.03. The molecule has 2 amide bonds. The number of fused-ring (bicyclic) bond motifs is 2. The third kappa shape index (κ3) is 1.43. The molecule has 6 unspecified atom stereocenters. The molecule has 5 heteroatoms. The van der Waals surface area contributed by atoms with Crippen molar-refractivity contribution in [3.63, 3.8) is 0 Å². The number of nitrogens with zero attached hydrogens (tertiary/aromatic N) is 1. The van der Waals surface area contributed by atoms with Gasteiger partial charge in [0, 0.05) is 18.6 Å². The zero-order valence-electron chi connectivity index (χ0n) is 11.0. The van der Waals surface area contributed by atoms with Gasteiger partial charge in [-0.2, -0.15) is 0 Å². The van der Waals surface area contributed by atoms with Gasteiger partial charge < -0.3 is 10.5 Å². The van der Waals surface area contributed by atoms with E-state index in [9.17, 15) is 9.59 Å². The SMILES string of the molecule is NC1C2CCOC2C1N1C(=O)C2CCCCC2C1=O. The van der Waals surface area contributed by atoms with E-state index in [0.717, 1.165) is 32.1 Å². The van der Waals surface area contributed by atoms with Crippen LogP contribution in [0.25, 0.3) is 0 Å². The Labute approximate surface area is 112 Å². The van der Waals surface area contributed by atoms with Gasteiger partial charge in [0.15, 0.2) is 0 Å². The van der Waals surface area contributed by atoms with E-state index in [1.54, 1.807) is 0 Å². The number of nitrogens with two attached hydrogens (primary N) is 1. The van der Waals surface area contributed by atoms with Crippen LogP contribution in [0.4, 0.5) is 0 Å². The topological polar surface area (TPSA) is 72.6 Å². The molecule has 2 heterocycles. The van der Waals surface area contributed by atoms with Crippen LogP contribution in [0.2, 0.25) is 0 Å². The van der Waals surface area contributed by atoms with Gasteiger partial charge in [0.25, 0.3) is 0 Å². The molecule has 0 aromatic heterocycles. The lowest BCUT2D eigenvalue weighted by atomic mass is 9.71. The number of hydrogen-bond donors (Lipinski definition) is 1. The smallest absolute Gasteiger partial charge is 0.233 e. The summed E-state index contributed by atoms with van der Waals surface area (Å²) >= 11 is 0. The van der Waals surface area contributed by atoms with Crippen molar-refractivity contribution < 1.29 is 14.3 Å².